The number of carbonyl (C=O) groups is 2. The molecule has 1 aliphatic heterocycles. The maximum atomic E-state index is 11.4. The zero-order valence-electron chi connectivity index (χ0n) is 9.28. The molecule has 5 heteroatoms. The van der Waals surface area contributed by atoms with Crippen molar-refractivity contribution in [2.24, 2.45) is 5.92 Å². The first-order chi connectivity index (χ1) is 7.09. The molecule has 4 nitrogen and oxygen atoms in total. The van der Waals surface area contributed by atoms with Gasteiger partial charge in [0.15, 0.2) is 0 Å². The summed E-state index contributed by atoms with van der Waals surface area (Å²) in [6, 6.07) is 0. The van der Waals surface area contributed by atoms with Crippen LogP contribution in [0.15, 0.2) is 0 Å². The summed E-state index contributed by atoms with van der Waals surface area (Å²) in [5.41, 5.74) is 0. The molecule has 0 aromatic heterocycles. The summed E-state index contributed by atoms with van der Waals surface area (Å²) in [7, 11) is 0. The number of rotatable bonds is 5. The van der Waals surface area contributed by atoms with E-state index in [1.54, 1.807) is 4.90 Å². The lowest BCUT2D eigenvalue weighted by Gasteiger charge is -2.14. The van der Waals surface area contributed by atoms with Gasteiger partial charge in [-0.05, 0) is 5.92 Å². The molecule has 0 aromatic carbocycles. The standard InChI is InChI=1S/C10H18N2O2S/c1-8(2)7-11-9(13)3-4-12-5-6-15-10(12)14/h8H,3-7H2,1-2H3,(H,11,13). The monoisotopic (exact) mass is 230 g/mol. The molecule has 0 saturated carbocycles. The Morgan fingerprint density at radius 2 is 2.33 bits per heavy atom. The van der Waals surface area contributed by atoms with Gasteiger partial charge in [-0.15, -0.1) is 0 Å². The van der Waals surface area contributed by atoms with Crippen LogP contribution in [0.25, 0.3) is 0 Å². The van der Waals surface area contributed by atoms with Crippen molar-refractivity contribution >= 4 is 22.9 Å². The molecule has 1 saturated heterocycles. The molecular weight excluding hydrogens is 212 g/mol. The summed E-state index contributed by atoms with van der Waals surface area (Å²) in [6.07, 6.45) is 0.416. The highest BCUT2D eigenvalue weighted by Crippen LogP contribution is 2.16. The Morgan fingerprint density at radius 1 is 1.60 bits per heavy atom. The minimum absolute atomic E-state index is 0.0356. The van der Waals surface area contributed by atoms with Crippen LogP contribution < -0.4 is 5.32 Å². The van der Waals surface area contributed by atoms with E-state index in [9.17, 15) is 9.59 Å². The fourth-order valence-electron chi connectivity index (χ4n) is 1.27. The van der Waals surface area contributed by atoms with Gasteiger partial charge in [-0.25, -0.2) is 0 Å². The first-order valence-electron chi connectivity index (χ1n) is 5.28. The minimum Gasteiger partial charge on any atom is -0.356 e. The van der Waals surface area contributed by atoms with Crippen LogP contribution in [0.2, 0.25) is 0 Å². The second-order valence-electron chi connectivity index (χ2n) is 4.05. The van der Waals surface area contributed by atoms with Crippen molar-refractivity contribution in [3.8, 4) is 0 Å². The van der Waals surface area contributed by atoms with E-state index in [-0.39, 0.29) is 11.1 Å². The first-order valence-corrected chi connectivity index (χ1v) is 6.26. The number of carbonyl (C=O) groups excluding carboxylic acids is 2. The Hall–Kier alpha value is -0.710. The third-order valence-electron chi connectivity index (χ3n) is 2.16. The number of nitrogens with one attached hydrogen (secondary N) is 1. The molecule has 86 valence electrons. The highest BCUT2D eigenvalue weighted by atomic mass is 32.2. The molecule has 0 atom stereocenters. The van der Waals surface area contributed by atoms with Crippen LogP contribution in [0.3, 0.4) is 0 Å². The smallest absolute Gasteiger partial charge is 0.281 e. The highest BCUT2D eigenvalue weighted by Gasteiger charge is 2.21. The molecule has 0 aliphatic carbocycles. The summed E-state index contributed by atoms with van der Waals surface area (Å²) in [6.45, 7) is 6.15. The van der Waals surface area contributed by atoms with Crippen LogP contribution in [0, 0.1) is 5.92 Å². The number of thioether (sulfide) groups is 1. The summed E-state index contributed by atoms with van der Waals surface area (Å²) in [4.78, 5) is 24.3. The zero-order valence-corrected chi connectivity index (χ0v) is 10.1. The molecular formula is C10H18N2O2S. The molecule has 0 spiro atoms. The van der Waals surface area contributed by atoms with Gasteiger partial charge in [-0.3, -0.25) is 9.59 Å². The second kappa shape index (κ2) is 6.00. The third-order valence-corrected chi connectivity index (χ3v) is 3.05. The van der Waals surface area contributed by atoms with Gasteiger partial charge in [0.05, 0.1) is 0 Å². The SMILES string of the molecule is CC(C)CNC(=O)CCN1CCSC1=O. The first kappa shape index (κ1) is 12.4. The van der Waals surface area contributed by atoms with Gasteiger partial charge in [0, 0.05) is 31.8 Å². The molecule has 0 radical (unpaired) electrons. The van der Waals surface area contributed by atoms with Crippen molar-refractivity contribution < 1.29 is 9.59 Å². The molecule has 2 amide bonds. The van der Waals surface area contributed by atoms with Crippen LogP contribution >= 0.6 is 11.8 Å². The molecule has 1 rings (SSSR count). The molecule has 0 aromatic rings. The third kappa shape index (κ3) is 4.55. The fourth-order valence-corrected chi connectivity index (χ4v) is 2.12. The molecule has 1 heterocycles. The molecule has 0 unspecified atom stereocenters. The summed E-state index contributed by atoms with van der Waals surface area (Å²) in [5.74, 6) is 1.36. The Balaban J connectivity index is 2.13. The zero-order chi connectivity index (χ0) is 11.3. The van der Waals surface area contributed by atoms with Gasteiger partial charge in [0.2, 0.25) is 5.91 Å². The average Bonchev–Trinajstić information content (AvgIpc) is 2.58. The van der Waals surface area contributed by atoms with Crippen molar-refractivity contribution in [3.05, 3.63) is 0 Å². The van der Waals surface area contributed by atoms with Crippen molar-refractivity contribution in [2.75, 3.05) is 25.4 Å². The van der Waals surface area contributed by atoms with Gasteiger partial charge < -0.3 is 10.2 Å². The van der Waals surface area contributed by atoms with Gasteiger partial charge in [-0.2, -0.15) is 0 Å². The fraction of sp³-hybridized carbons (Fsp3) is 0.800. The number of hydrogen-bond donors (Lipinski definition) is 1. The number of nitrogens with zero attached hydrogens (tertiary/aromatic N) is 1. The molecule has 0 bridgehead atoms. The number of amides is 2. The quantitative estimate of drug-likeness (QED) is 0.775. The van der Waals surface area contributed by atoms with Gasteiger partial charge in [0.25, 0.3) is 5.24 Å². The van der Waals surface area contributed by atoms with E-state index in [2.05, 4.69) is 19.2 Å². The second-order valence-corrected chi connectivity index (χ2v) is 5.10. The van der Waals surface area contributed by atoms with Crippen LogP contribution in [-0.2, 0) is 4.79 Å². The van der Waals surface area contributed by atoms with E-state index in [4.69, 9.17) is 0 Å². The van der Waals surface area contributed by atoms with Crippen molar-refractivity contribution in [1.29, 1.82) is 0 Å². The van der Waals surface area contributed by atoms with E-state index in [1.807, 2.05) is 0 Å². The highest BCUT2D eigenvalue weighted by molar-refractivity contribution is 8.13. The summed E-state index contributed by atoms with van der Waals surface area (Å²) in [5, 5.41) is 2.94. The topological polar surface area (TPSA) is 49.4 Å². The maximum absolute atomic E-state index is 11.4. The Labute approximate surface area is 94.8 Å². The lowest BCUT2D eigenvalue weighted by atomic mass is 10.2. The average molecular weight is 230 g/mol. The lowest BCUT2D eigenvalue weighted by Crippen LogP contribution is -2.32. The van der Waals surface area contributed by atoms with Crippen molar-refractivity contribution in [1.82, 2.24) is 10.2 Å². The van der Waals surface area contributed by atoms with Crippen molar-refractivity contribution in [2.45, 2.75) is 20.3 Å². The van der Waals surface area contributed by atoms with E-state index < -0.39 is 0 Å². The van der Waals surface area contributed by atoms with Gasteiger partial charge >= 0.3 is 0 Å². The predicted molar refractivity (Wildman–Crippen MR) is 61.9 cm³/mol. The van der Waals surface area contributed by atoms with E-state index >= 15 is 0 Å². The number of hydrogen-bond acceptors (Lipinski definition) is 3. The predicted octanol–water partition coefficient (Wildman–Crippen LogP) is 1.32. The molecule has 15 heavy (non-hydrogen) atoms. The van der Waals surface area contributed by atoms with Crippen LogP contribution in [-0.4, -0.2) is 41.4 Å². The van der Waals surface area contributed by atoms with Crippen LogP contribution in [0.5, 0.6) is 0 Å². The van der Waals surface area contributed by atoms with Crippen molar-refractivity contribution in [3.63, 3.8) is 0 Å². The van der Waals surface area contributed by atoms with Gasteiger partial charge in [0.1, 0.15) is 0 Å². The largest absolute Gasteiger partial charge is 0.356 e. The Morgan fingerprint density at radius 3 is 2.87 bits per heavy atom. The molecule has 1 fully saturated rings. The van der Waals surface area contributed by atoms with E-state index in [0.717, 1.165) is 12.3 Å². The van der Waals surface area contributed by atoms with E-state index in [1.165, 1.54) is 11.8 Å². The minimum atomic E-state index is 0.0356. The summed E-state index contributed by atoms with van der Waals surface area (Å²) < 4.78 is 0. The Bertz CT molecular complexity index is 244. The van der Waals surface area contributed by atoms with Crippen LogP contribution in [0.4, 0.5) is 4.79 Å². The van der Waals surface area contributed by atoms with Gasteiger partial charge in [-0.1, -0.05) is 25.6 Å². The van der Waals surface area contributed by atoms with E-state index in [0.29, 0.717) is 25.4 Å². The molecule has 1 N–H and O–H groups in total. The lowest BCUT2D eigenvalue weighted by molar-refractivity contribution is -0.121. The molecule has 1 aliphatic rings. The Kier molecular flexibility index (Phi) is 4.94. The maximum Gasteiger partial charge on any atom is 0.281 e. The van der Waals surface area contributed by atoms with Crippen LogP contribution in [0.1, 0.15) is 20.3 Å². The summed E-state index contributed by atoms with van der Waals surface area (Å²) >= 11 is 1.33. The normalized spacial score (nSPS) is 16.2.